The van der Waals surface area contributed by atoms with Gasteiger partial charge in [0.1, 0.15) is 5.78 Å². The van der Waals surface area contributed by atoms with Crippen LogP contribution in [0.4, 0.5) is 5.69 Å². The molecule has 1 unspecified atom stereocenters. The lowest BCUT2D eigenvalue weighted by molar-refractivity contribution is -0.124. The zero-order valence-electron chi connectivity index (χ0n) is 11.7. The number of Topliss-reactive ketones (excluding diaryl/α,β-unsaturated/α-hetero) is 1. The SMILES string of the molecule is Cc1ccc(N(C)CC2CCCCC2=O)c(C)c1. The summed E-state index contributed by atoms with van der Waals surface area (Å²) in [5, 5.41) is 0. The van der Waals surface area contributed by atoms with Crippen LogP contribution in [0.2, 0.25) is 0 Å². The topological polar surface area (TPSA) is 20.3 Å². The number of nitrogens with zero attached hydrogens (tertiary/aromatic N) is 1. The number of anilines is 1. The van der Waals surface area contributed by atoms with Crippen LogP contribution in [0, 0.1) is 19.8 Å². The highest BCUT2D eigenvalue weighted by Crippen LogP contribution is 2.25. The van der Waals surface area contributed by atoms with Gasteiger partial charge in [0.2, 0.25) is 0 Å². The van der Waals surface area contributed by atoms with Crippen LogP contribution in [-0.4, -0.2) is 19.4 Å². The second-order valence-corrected chi connectivity index (χ2v) is 5.58. The maximum Gasteiger partial charge on any atom is 0.137 e. The Hall–Kier alpha value is -1.31. The van der Waals surface area contributed by atoms with Crippen LogP contribution in [0.25, 0.3) is 0 Å². The molecular formula is C16H23NO. The molecule has 2 rings (SSSR count). The lowest BCUT2D eigenvalue weighted by atomic mass is 9.87. The molecule has 0 spiro atoms. The number of rotatable bonds is 3. The van der Waals surface area contributed by atoms with Crippen molar-refractivity contribution in [3.8, 4) is 0 Å². The highest BCUT2D eigenvalue weighted by atomic mass is 16.1. The Bertz CT molecular complexity index is 439. The van der Waals surface area contributed by atoms with Gasteiger partial charge in [-0.2, -0.15) is 0 Å². The average molecular weight is 245 g/mol. The molecule has 2 heteroatoms. The van der Waals surface area contributed by atoms with Crippen LogP contribution < -0.4 is 4.90 Å². The van der Waals surface area contributed by atoms with Gasteiger partial charge >= 0.3 is 0 Å². The minimum atomic E-state index is 0.240. The fourth-order valence-corrected chi connectivity index (χ4v) is 2.91. The molecule has 0 aromatic heterocycles. The van der Waals surface area contributed by atoms with Crippen LogP contribution >= 0.6 is 0 Å². The standard InChI is InChI=1S/C16H23NO/c1-12-8-9-15(13(2)10-12)17(3)11-14-6-4-5-7-16(14)18/h8-10,14H,4-7,11H2,1-3H3. The third-order valence-electron chi connectivity index (χ3n) is 3.94. The molecule has 0 bridgehead atoms. The molecule has 2 nitrogen and oxygen atoms in total. The summed E-state index contributed by atoms with van der Waals surface area (Å²) in [6.45, 7) is 5.12. The van der Waals surface area contributed by atoms with Gasteiger partial charge in [0.25, 0.3) is 0 Å². The van der Waals surface area contributed by atoms with Crippen molar-refractivity contribution in [2.24, 2.45) is 5.92 Å². The van der Waals surface area contributed by atoms with Crippen molar-refractivity contribution >= 4 is 11.5 Å². The Morgan fingerprint density at radius 1 is 1.28 bits per heavy atom. The first-order valence-corrected chi connectivity index (χ1v) is 6.89. The smallest absolute Gasteiger partial charge is 0.137 e. The van der Waals surface area contributed by atoms with Gasteiger partial charge in [-0.05, 0) is 38.3 Å². The quantitative estimate of drug-likeness (QED) is 0.812. The lowest BCUT2D eigenvalue weighted by Crippen LogP contribution is -2.32. The van der Waals surface area contributed by atoms with Crippen LogP contribution in [0.3, 0.4) is 0 Å². The summed E-state index contributed by atoms with van der Waals surface area (Å²) in [5.74, 6) is 0.697. The second-order valence-electron chi connectivity index (χ2n) is 5.58. The third-order valence-corrected chi connectivity index (χ3v) is 3.94. The largest absolute Gasteiger partial charge is 0.374 e. The average Bonchev–Trinajstić information content (AvgIpc) is 2.32. The van der Waals surface area contributed by atoms with Crippen molar-refractivity contribution in [1.29, 1.82) is 0 Å². The van der Waals surface area contributed by atoms with E-state index in [0.29, 0.717) is 5.78 Å². The van der Waals surface area contributed by atoms with E-state index in [-0.39, 0.29) is 5.92 Å². The Morgan fingerprint density at radius 2 is 2.06 bits per heavy atom. The summed E-state index contributed by atoms with van der Waals surface area (Å²) in [7, 11) is 2.10. The molecule has 1 aliphatic rings. The summed E-state index contributed by atoms with van der Waals surface area (Å²) in [6.07, 6.45) is 4.14. The lowest BCUT2D eigenvalue weighted by Gasteiger charge is -2.28. The number of hydrogen-bond acceptors (Lipinski definition) is 2. The first-order valence-electron chi connectivity index (χ1n) is 6.89. The Labute approximate surface area is 110 Å². The molecule has 98 valence electrons. The number of ketones is 1. The Morgan fingerprint density at radius 3 is 2.72 bits per heavy atom. The number of hydrogen-bond donors (Lipinski definition) is 0. The van der Waals surface area contributed by atoms with Gasteiger partial charge in [-0.3, -0.25) is 4.79 Å². The number of benzene rings is 1. The van der Waals surface area contributed by atoms with Crippen molar-refractivity contribution in [3.05, 3.63) is 29.3 Å². The summed E-state index contributed by atoms with van der Waals surface area (Å²) in [4.78, 5) is 14.1. The molecule has 0 heterocycles. The molecule has 1 aromatic carbocycles. The monoisotopic (exact) mass is 245 g/mol. The van der Waals surface area contributed by atoms with E-state index >= 15 is 0 Å². The number of aryl methyl sites for hydroxylation is 2. The molecule has 1 fully saturated rings. The fraction of sp³-hybridized carbons (Fsp3) is 0.562. The summed E-state index contributed by atoms with van der Waals surface area (Å²) in [5.41, 5.74) is 3.83. The van der Waals surface area contributed by atoms with Gasteiger partial charge in [0, 0.05) is 31.6 Å². The zero-order valence-corrected chi connectivity index (χ0v) is 11.7. The second kappa shape index (κ2) is 5.55. The van der Waals surface area contributed by atoms with Crippen LogP contribution in [0.5, 0.6) is 0 Å². The van der Waals surface area contributed by atoms with E-state index in [0.717, 1.165) is 25.8 Å². The molecule has 18 heavy (non-hydrogen) atoms. The maximum atomic E-state index is 11.9. The molecule has 1 aromatic rings. The summed E-state index contributed by atoms with van der Waals surface area (Å²) < 4.78 is 0. The van der Waals surface area contributed by atoms with Crippen molar-refractivity contribution < 1.29 is 4.79 Å². The van der Waals surface area contributed by atoms with Gasteiger partial charge < -0.3 is 4.90 Å². The highest BCUT2D eigenvalue weighted by molar-refractivity contribution is 5.82. The Kier molecular flexibility index (Phi) is 4.05. The highest BCUT2D eigenvalue weighted by Gasteiger charge is 2.23. The van der Waals surface area contributed by atoms with Crippen molar-refractivity contribution in [3.63, 3.8) is 0 Å². The molecule has 0 N–H and O–H groups in total. The predicted octanol–water partition coefficient (Wildman–Crippen LogP) is 3.50. The summed E-state index contributed by atoms with van der Waals surface area (Å²) in [6, 6.07) is 6.51. The molecular weight excluding hydrogens is 222 g/mol. The third kappa shape index (κ3) is 2.92. The minimum Gasteiger partial charge on any atom is -0.374 e. The van der Waals surface area contributed by atoms with E-state index < -0.39 is 0 Å². The van der Waals surface area contributed by atoms with Gasteiger partial charge in [-0.1, -0.05) is 24.1 Å². The van der Waals surface area contributed by atoms with E-state index in [1.807, 2.05) is 0 Å². The van der Waals surface area contributed by atoms with E-state index in [2.05, 4.69) is 44.0 Å². The minimum absolute atomic E-state index is 0.240. The van der Waals surface area contributed by atoms with Crippen LogP contribution in [0.15, 0.2) is 18.2 Å². The van der Waals surface area contributed by atoms with Gasteiger partial charge in [-0.15, -0.1) is 0 Å². The van der Waals surface area contributed by atoms with Gasteiger partial charge in [-0.25, -0.2) is 0 Å². The molecule has 0 radical (unpaired) electrons. The molecule has 1 aliphatic carbocycles. The normalized spacial score (nSPS) is 19.9. The summed E-state index contributed by atoms with van der Waals surface area (Å²) >= 11 is 0. The van der Waals surface area contributed by atoms with Crippen molar-refractivity contribution in [2.45, 2.75) is 39.5 Å². The van der Waals surface area contributed by atoms with Gasteiger partial charge in [0.05, 0.1) is 0 Å². The Balaban J connectivity index is 2.06. The van der Waals surface area contributed by atoms with Crippen molar-refractivity contribution in [2.75, 3.05) is 18.5 Å². The molecule has 0 aliphatic heterocycles. The molecule has 1 atom stereocenters. The van der Waals surface area contributed by atoms with E-state index in [9.17, 15) is 4.79 Å². The van der Waals surface area contributed by atoms with E-state index in [1.54, 1.807) is 0 Å². The molecule has 0 amide bonds. The van der Waals surface area contributed by atoms with E-state index in [4.69, 9.17) is 0 Å². The molecule has 0 saturated heterocycles. The van der Waals surface area contributed by atoms with Crippen LogP contribution in [-0.2, 0) is 4.79 Å². The number of carbonyl (C=O) groups excluding carboxylic acids is 1. The first kappa shape index (κ1) is 13.1. The fourth-order valence-electron chi connectivity index (χ4n) is 2.91. The van der Waals surface area contributed by atoms with Crippen molar-refractivity contribution in [1.82, 2.24) is 0 Å². The van der Waals surface area contributed by atoms with Crippen LogP contribution in [0.1, 0.15) is 36.8 Å². The first-order chi connectivity index (χ1) is 8.58. The molecule has 1 saturated carbocycles. The zero-order chi connectivity index (χ0) is 13.1. The number of carbonyl (C=O) groups is 1. The maximum absolute atomic E-state index is 11.9. The predicted molar refractivity (Wildman–Crippen MR) is 76.2 cm³/mol. The van der Waals surface area contributed by atoms with E-state index in [1.165, 1.54) is 23.2 Å². The van der Waals surface area contributed by atoms with Gasteiger partial charge in [0.15, 0.2) is 0 Å².